The quantitative estimate of drug-likeness (QED) is 0.718. The summed E-state index contributed by atoms with van der Waals surface area (Å²) < 4.78 is 15.1. The Hall–Kier alpha value is -2.93. The Bertz CT molecular complexity index is 1020. The van der Waals surface area contributed by atoms with Gasteiger partial charge in [0, 0.05) is 23.0 Å². The van der Waals surface area contributed by atoms with Crippen molar-refractivity contribution < 1.29 is 14.0 Å². The molecule has 1 aromatic carbocycles. The first-order valence-corrected chi connectivity index (χ1v) is 8.28. The summed E-state index contributed by atoms with van der Waals surface area (Å²) in [4.78, 5) is 30.9. The number of imide groups is 1. The molecular formula is C18H14ClFN4O2. The van der Waals surface area contributed by atoms with Gasteiger partial charge in [0.1, 0.15) is 17.0 Å². The molecule has 1 unspecified atom stereocenters. The van der Waals surface area contributed by atoms with Crippen LogP contribution in [0, 0.1) is 5.82 Å². The number of nitrogens with zero attached hydrogens (tertiary/aromatic N) is 3. The van der Waals surface area contributed by atoms with Gasteiger partial charge in [0.05, 0.1) is 12.2 Å². The molecule has 26 heavy (non-hydrogen) atoms. The number of hydrogen-bond acceptors (Lipinski definition) is 3. The van der Waals surface area contributed by atoms with Gasteiger partial charge in [0.25, 0.3) is 5.91 Å². The second kappa shape index (κ2) is 5.81. The smallest absolute Gasteiger partial charge is 0.319 e. The predicted octanol–water partition coefficient (Wildman–Crippen LogP) is 3.09. The Morgan fingerprint density at radius 3 is 2.81 bits per heavy atom. The first kappa shape index (κ1) is 16.5. The van der Waals surface area contributed by atoms with E-state index >= 15 is 0 Å². The lowest BCUT2D eigenvalue weighted by Crippen LogP contribution is -2.41. The van der Waals surface area contributed by atoms with Crippen LogP contribution >= 0.6 is 11.6 Å². The van der Waals surface area contributed by atoms with E-state index in [2.05, 4.69) is 10.3 Å². The molecule has 3 amide bonds. The van der Waals surface area contributed by atoms with Crippen LogP contribution in [0.25, 0.3) is 5.65 Å². The molecule has 6 nitrogen and oxygen atoms in total. The molecule has 1 saturated heterocycles. The van der Waals surface area contributed by atoms with Gasteiger partial charge in [-0.15, -0.1) is 0 Å². The number of benzene rings is 1. The van der Waals surface area contributed by atoms with Gasteiger partial charge in [0.15, 0.2) is 0 Å². The number of carbonyl (C=O) groups is 2. The molecule has 3 heterocycles. The lowest BCUT2D eigenvalue weighted by atomic mass is 9.92. The molecule has 8 heteroatoms. The minimum Gasteiger partial charge on any atom is -0.319 e. The summed E-state index contributed by atoms with van der Waals surface area (Å²) in [5, 5.41) is 2.74. The van der Waals surface area contributed by atoms with Gasteiger partial charge in [-0.25, -0.2) is 14.2 Å². The number of aromatic nitrogens is 2. The largest absolute Gasteiger partial charge is 0.325 e. The van der Waals surface area contributed by atoms with E-state index in [9.17, 15) is 14.0 Å². The molecule has 0 spiro atoms. The Morgan fingerprint density at radius 1 is 1.27 bits per heavy atom. The summed E-state index contributed by atoms with van der Waals surface area (Å²) in [6.07, 6.45) is 3.59. The molecule has 132 valence electrons. The molecule has 1 N–H and O–H groups in total. The molecule has 3 aromatic rings. The lowest BCUT2D eigenvalue weighted by Gasteiger charge is -2.23. The van der Waals surface area contributed by atoms with Crippen LogP contribution in [0.1, 0.15) is 18.2 Å². The average molecular weight is 373 g/mol. The Labute approximate surface area is 153 Å². The van der Waals surface area contributed by atoms with E-state index in [0.29, 0.717) is 11.3 Å². The van der Waals surface area contributed by atoms with Gasteiger partial charge in [-0.05, 0) is 31.2 Å². The fraction of sp³-hybridized carbons (Fsp3) is 0.167. The zero-order valence-electron chi connectivity index (χ0n) is 13.7. The second-order valence-electron chi connectivity index (χ2n) is 6.27. The van der Waals surface area contributed by atoms with Crippen molar-refractivity contribution in [3.63, 3.8) is 0 Å². The number of pyridine rings is 1. The molecule has 0 aliphatic carbocycles. The minimum absolute atomic E-state index is 0.0285. The Kier molecular flexibility index (Phi) is 3.69. The van der Waals surface area contributed by atoms with Gasteiger partial charge >= 0.3 is 6.03 Å². The first-order valence-electron chi connectivity index (χ1n) is 7.91. The lowest BCUT2D eigenvalue weighted by molar-refractivity contribution is -0.131. The molecule has 0 saturated carbocycles. The summed E-state index contributed by atoms with van der Waals surface area (Å²) in [7, 11) is 0. The molecular weight excluding hydrogens is 359 g/mol. The van der Waals surface area contributed by atoms with Crippen LogP contribution in [-0.4, -0.2) is 26.2 Å². The Balaban J connectivity index is 1.66. The zero-order chi connectivity index (χ0) is 18.5. The van der Waals surface area contributed by atoms with Gasteiger partial charge in [0.2, 0.25) is 0 Å². The topological polar surface area (TPSA) is 66.7 Å². The van der Waals surface area contributed by atoms with Gasteiger partial charge in [-0.2, -0.15) is 0 Å². The van der Waals surface area contributed by atoms with E-state index in [-0.39, 0.29) is 11.6 Å². The number of nitrogens with one attached hydrogen (secondary N) is 1. The molecule has 1 atom stereocenters. The highest BCUT2D eigenvalue weighted by atomic mass is 35.5. The fourth-order valence-corrected chi connectivity index (χ4v) is 3.50. The first-order chi connectivity index (χ1) is 12.4. The van der Waals surface area contributed by atoms with Crippen LogP contribution in [0.5, 0.6) is 0 Å². The third-order valence-corrected chi connectivity index (χ3v) is 4.79. The maximum Gasteiger partial charge on any atom is 0.325 e. The van der Waals surface area contributed by atoms with Crippen molar-refractivity contribution in [2.75, 3.05) is 0 Å². The van der Waals surface area contributed by atoms with E-state index in [1.807, 2.05) is 28.8 Å². The summed E-state index contributed by atoms with van der Waals surface area (Å²) in [6, 6.07) is 8.73. The van der Waals surface area contributed by atoms with Crippen molar-refractivity contribution in [3.8, 4) is 0 Å². The highest BCUT2D eigenvalue weighted by Crippen LogP contribution is 2.34. The van der Waals surface area contributed by atoms with E-state index in [4.69, 9.17) is 11.6 Å². The molecule has 0 radical (unpaired) electrons. The normalized spacial score (nSPS) is 20.0. The standard InChI is InChI=1S/C18H14ClFN4O2/c1-18(13-6-5-11(20)8-14(13)19)16(25)24(17(26)22-18)10-12-9-23-7-3-2-4-15(23)21-12/h2-9H,10H2,1H3,(H,22,26). The van der Waals surface area contributed by atoms with Crippen LogP contribution in [-0.2, 0) is 16.9 Å². The van der Waals surface area contributed by atoms with Crippen molar-refractivity contribution in [1.82, 2.24) is 19.6 Å². The van der Waals surface area contributed by atoms with Crippen molar-refractivity contribution in [2.24, 2.45) is 0 Å². The van der Waals surface area contributed by atoms with Crippen LogP contribution in [0.3, 0.4) is 0 Å². The number of imidazole rings is 1. The maximum absolute atomic E-state index is 13.3. The summed E-state index contributed by atoms with van der Waals surface area (Å²) in [5.41, 5.74) is 0.283. The van der Waals surface area contributed by atoms with Crippen LogP contribution in [0.2, 0.25) is 5.02 Å². The minimum atomic E-state index is -1.36. The third-order valence-electron chi connectivity index (χ3n) is 4.48. The predicted molar refractivity (Wildman–Crippen MR) is 93.0 cm³/mol. The number of amides is 3. The molecule has 2 aromatic heterocycles. The van der Waals surface area contributed by atoms with E-state index in [0.717, 1.165) is 16.6 Å². The van der Waals surface area contributed by atoms with Crippen LogP contribution in [0.15, 0.2) is 48.8 Å². The number of hydrogen-bond donors (Lipinski definition) is 1. The molecule has 1 fully saturated rings. The highest BCUT2D eigenvalue weighted by molar-refractivity contribution is 6.32. The number of halogens is 2. The SMILES string of the molecule is CC1(c2ccc(F)cc2Cl)NC(=O)N(Cc2cn3ccccc3n2)C1=O. The van der Waals surface area contributed by atoms with Crippen molar-refractivity contribution in [3.05, 3.63) is 70.9 Å². The van der Waals surface area contributed by atoms with Gasteiger partial charge < -0.3 is 9.72 Å². The Morgan fingerprint density at radius 2 is 2.08 bits per heavy atom. The number of carbonyl (C=O) groups excluding carboxylic acids is 2. The summed E-state index contributed by atoms with van der Waals surface area (Å²) in [5.74, 6) is -0.978. The average Bonchev–Trinajstić information content (AvgIpc) is 3.09. The molecule has 1 aliphatic rings. The van der Waals surface area contributed by atoms with E-state index in [1.54, 1.807) is 13.1 Å². The van der Waals surface area contributed by atoms with Crippen molar-refractivity contribution in [2.45, 2.75) is 19.0 Å². The van der Waals surface area contributed by atoms with E-state index in [1.165, 1.54) is 12.1 Å². The number of rotatable bonds is 3. The molecule has 4 rings (SSSR count). The molecule has 1 aliphatic heterocycles. The fourth-order valence-electron chi connectivity index (χ4n) is 3.14. The van der Waals surface area contributed by atoms with Crippen molar-refractivity contribution in [1.29, 1.82) is 0 Å². The van der Waals surface area contributed by atoms with E-state index < -0.39 is 23.3 Å². The monoisotopic (exact) mass is 372 g/mol. The van der Waals surface area contributed by atoms with Gasteiger partial charge in [-0.3, -0.25) is 9.69 Å². The van der Waals surface area contributed by atoms with Crippen molar-refractivity contribution >= 4 is 29.2 Å². The maximum atomic E-state index is 13.3. The highest BCUT2D eigenvalue weighted by Gasteiger charge is 2.50. The second-order valence-corrected chi connectivity index (χ2v) is 6.68. The summed E-state index contributed by atoms with van der Waals surface area (Å²) >= 11 is 6.10. The van der Waals surface area contributed by atoms with Crippen LogP contribution in [0.4, 0.5) is 9.18 Å². The zero-order valence-corrected chi connectivity index (χ0v) is 14.5. The third kappa shape index (κ3) is 2.52. The molecule has 0 bridgehead atoms. The number of fused-ring (bicyclic) bond motifs is 1. The number of urea groups is 1. The van der Waals surface area contributed by atoms with Crippen LogP contribution < -0.4 is 5.32 Å². The van der Waals surface area contributed by atoms with Gasteiger partial charge in [-0.1, -0.05) is 23.7 Å². The summed E-state index contributed by atoms with van der Waals surface area (Å²) in [6.45, 7) is 1.58.